The van der Waals surface area contributed by atoms with Crippen molar-refractivity contribution in [3.8, 4) is 0 Å². The summed E-state index contributed by atoms with van der Waals surface area (Å²) in [6.07, 6.45) is 1.82. The maximum Gasteiger partial charge on any atom is 0.131 e. The smallest absolute Gasteiger partial charge is 0.131 e. The van der Waals surface area contributed by atoms with Gasteiger partial charge in [0, 0.05) is 18.3 Å². The minimum Gasteiger partial charge on any atom is -0.383 e. The van der Waals surface area contributed by atoms with Crippen LogP contribution in [0.4, 0.5) is 5.82 Å². The largest absolute Gasteiger partial charge is 0.383 e. The van der Waals surface area contributed by atoms with Gasteiger partial charge in [-0.05, 0) is 20.0 Å². The molecule has 0 atom stereocenters. The average molecular weight is 194 g/mol. The number of nitrogens with zero attached hydrogens (tertiary/aromatic N) is 3. The summed E-state index contributed by atoms with van der Waals surface area (Å²) in [4.78, 5) is 10.6. The molecule has 0 aromatic carbocycles. The van der Waals surface area contributed by atoms with Crippen LogP contribution >= 0.6 is 0 Å². The zero-order valence-electron chi connectivity index (χ0n) is 9.12. The molecule has 0 saturated heterocycles. The monoisotopic (exact) mass is 194 g/mol. The normalized spacial score (nSPS) is 10.9. The van der Waals surface area contributed by atoms with Crippen molar-refractivity contribution in [2.75, 3.05) is 18.8 Å². The lowest BCUT2D eigenvalue weighted by Gasteiger charge is -2.18. The van der Waals surface area contributed by atoms with Gasteiger partial charge in [-0.25, -0.2) is 9.97 Å². The summed E-state index contributed by atoms with van der Waals surface area (Å²) in [5, 5.41) is 0. The molecular formula is C10H18N4. The first kappa shape index (κ1) is 10.9. The zero-order chi connectivity index (χ0) is 10.6. The fraction of sp³-hybridized carbons (Fsp3) is 0.600. The third-order valence-corrected chi connectivity index (χ3v) is 2.31. The number of rotatable bonds is 4. The number of nitrogen functional groups attached to an aromatic ring is 1. The third-order valence-electron chi connectivity index (χ3n) is 2.31. The number of hydrogen-bond donors (Lipinski definition) is 1. The molecule has 1 rings (SSSR count). The molecule has 0 amide bonds. The van der Waals surface area contributed by atoms with E-state index in [4.69, 9.17) is 5.73 Å². The third kappa shape index (κ3) is 2.67. The van der Waals surface area contributed by atoms with Gasteiger partial charge in [-0.2, -0.15) is 0 Å². The summed E-state index contributed by atoms with van der Waals surface area (Å²) in [6, 6.07) is 0. The fourth-order valence-corrected chi connectivity index (χ4v) is 1.32. The van der Waals surface area contributed by atoms with Gasteiger partial charge in [0.2, 0.25) is 0 Å². The van der Waals surface area contributed by atoms with Gasteiger partial charge in [0.1, 0.15) is 11.6 Å². The highest BCUT2D eigenvalue weighted by molar-refractivity contribution is 5.37. The minimum absolute atomic E-state index is 0.601. The number of anilines is 1. The Morgan fingerprint density at radius 1 is 1.36 bits per heavy atom. The van der Waals surface area contributed by atoms with Crippen LogP contribution in [0, 0.1) is 6.92 Å². The van der Waals surface area contributed by atoms with E-state index < -0.39 is 0 Å². The summed E-state index contributed by atoms with van der Waals surface area (Å²) in [5.41, 5.74) is 6.81. The lowest BCUT2D eigenvalue weighted by atomic mass is 10.3. The molecule has 0 aliphatic heterocycles. The number of nitrogens with two attached hydrogens (primary N) is 1. The highest BCUT2D eigenvalue weighted by Crippen LogP contribution is 2.09. The first-order valence-corrected chi connectivity index (χ1v) is 4.97. The second-order valence-corrected chi connectivity index (χ2v) is 3.29. The van der Waals surface area contributed by atoms with Crippen LogP contribution in [-0.4, -0.2) is 28.0 Å². The quantitative estimate of drug-likeness (QED) is 0.782. The SMILES string of the molecule is CCN(CC)Cc1cnc(C)nc1N. The van der Waals surface area contributed by atoms with E-state index in [1.54, 1.807) is 0 Å². The molecule has 0 fully saturated rings. The molecule has 4 heteroatoms. The molecule has 0 aliphatic rings. The van der Waals surface area contributed by atoms with Crippen molar-refractivity contribution in [2.45, 2.75) is 27.3 Å². The lowest BCUT2D eigenvalue weighted by molar-refractivity contribution is 0.295. The van der Waals surface area contributed by atoms with Crippen LogP contribution in [0.1, 0.15) is 25.2 Å². The highest BCUT2D eigenvalue weighted by Gasteiger charge is 2.05. The molecule has 2 N–H and O–H groups in total. The van der Waals surface area contributed by atoms with Gasteiger partial charge in [-0.15, -0.1) is 0 Å². The standard InChI is InChI=1S/C10H18N4/c1-4-14(5-2)7-9-6-12-8(3)13-10(9)11/h6H,4-5,7H2,1-3H3,(H2,11,12,13). The van der Waals surface area contributed by atoms with Crippen LogP contribution < -0.4 is 5.73 Å². The summed E-state index contributed by atoms with van der Waals surface area (Å²) >= 11 is 0. The Morgan fingerprint density at radius 3 is 2.50 bits per heavy atom. The van der Waals surface area contributed by atoms with Crippen molar-refractivity contribution in [2.24, 2.45) is 0 Å². The lowest BCUT2D eigenvalue weighted by Crippen LogP contribution is -2.23. The van der Waals surface area contributed by atoms with Crippen molar-refractivity contribution in [1.82, 2.24) is 14.9 Å². The molecule has 1 heterocycles. The molecule has 78 valence electrons. The predicted octanol–water partition coefficient (Wildman–Crippen LogP) is 1.21. The first-order chi connectivity index (χ1) is 6.67. The van der Waals surface area contributed by atoms with Gasteiger partial charge in [-0.3, -0.25) is 4.90 Å². The van der Waals surface area contributed by atoms with E-state index in [1.807, 2.05) is 13.1 Å². The molecule has 0 unspecified atom stereocenters. The van der Waals surface area contributed by atoms with Crippen LogP contribution in [0.5, 0.6) is 0 Å². The van der Waals surface area contributed by atoms with Gasteiger partial charge in [0.15, 0.2) is 0 Å². The molecule has 0 spiro atoms. The van der Waals surface area contributed by atoms with E-state index in [1.165, 1.54) is 0 Å². The molecule has 0 bridgehead atoms. The molecule has 0 radical (unpaired) electrons. The molecule has 1 aromatic heterocycles. The van der Waals surface area contributed by atoms with E-state index in [0.29, 0.717) is 5.82 Å². The topological polar surface area (TPSA) is 55.0 Å². The van der Waals surface area contributed by atoms with E-state index in [0.717, 1.165) is 31.0 Å². The number of hydrogen-bond acceptors (Lipinski definition) is 4. The second kappa shape index (κ2) is 4.91. The molecular weight excluding hydrogens is 176 g/mol. The number of aryl methyl sites for hydroxylation is 1. The van der Waals surface area contributed by atoms with E-state index in [2.05, 4.69) is 28.7 Å². The Balaban J connectivity index is 2.76. The molecule has 0 aliphatic carbocycles. The summed E-state index contributed by atoms with van der Waals surface area (Å²) in [5.74, 6) is 1.33. The molecule has 14 heavy (non-hydrogen) atoms. The Bertz CT molecular complexity index is 294. The van der Waals surface area contributed by atoms with Crippen molar-refractivity contribution in [1.29, 1.82) is 0 Å². The van der Waals surface area contributed by atoms with Crippen LogP contribution in [0.15, 0.2) is 6.20 Å². The molecule has 1 aromatic rings. The predicted molar refractivity (Wildman–Crippen MR) is 57.8 cm³/mol. The molecule has 0 saturated carbocycles. The Morgan fingerprint density at radius 2 is 2.00 bits per heavy atom. The van der Waals surface area contributed by atoms with Gasteiger partial charge < -0.3 is 5.73 Å². The van der Waals surface area contributed by atoms with Crippen LogP contribution in [0.3, 0.4) is 0 Å². The van der Waals surface area contributed by atoms with E-state index >= 15 is 0 Å². The van der Waals surface area contributed by atoms with E-state index in [-0.39, 0.29) is 0 Å². The maximum absolute atomic E-state index is 5.80. The zero-order valence-corrected chi connectivity index (χ0v) is 9.12. The van der Waals surface area contributed by atoms with Gasteiger partial charge in [-0.1, -0.05) is 13.8 Å². The van der Waals surface area contributed by atoms with Crippen molar-refractivity contribution < 1.29 is 0 Å². The van der Waals surface area contributed by atoms with Gasteiger partial charge >= 0.3 is 0 Å². The fourth-order valence-electron chi connectivity index (χ4n) is 1.32. The second-order valence-electron chi connectivity index (χ2n) is 3.29. The minimum atomic E-state index is 0.601. The van der Waals surface area contributed by atoms with Crippen molar-refractivity contribution in [3.05, 3.63) is 17.6 Å². The van der Waals surface area contributed by atoms with Gasteiger partial charge in [0.25, 0.3) is 0 Å². The maximum atomic E-state index is 5.80. The summed E-state index contributed by atoms with van der Waals surface area (Å²) in [7, 11) is 0. The Kier molecular flexibility index (Phi) is 3.83. The number of aromatic nitrogens is 2. The van der Waals surface area contributed by atoms with E-state index in [9.17, 15) is 0 Å². The Labute approximate surface area is 85.2 Å². The van der Waals surface area contributed by atoms with Crippen LogP contribution in [-0.2, 0) is 6.54 Å². The average Bonchev–Trinajstić information content (AvgIpc) is 2.17. The Hall–Kier alpha value is -1.16. The van der Waals surface area contributed by atoms with Crippen LogP contribution in [0.25, 0.3) is 0 Å². The van der Waals surface area contributed by atoms with Crippen LogP contribution in [0.2, 0.25) is 0 Å². The molecule has 4 nitrogen and oxygen atoms in total. The highest BCUT2D eigenvalue weighted by atomic mass is 15.1. The van der Waals surface area contributed by atoms with Crippen molar-refractivity contribution >= 4 is 5.82 Å². The first-order valence-electron chi connectivity index (χ1n) is 4.97. The van der Waals surface area contributed by atoms with Gasteiger partial charge in [0.05, 0.1) is 0 Å². The van der Waals surface area contributed by atoms with Crippen molar-refractivity contribution in [3.63, 3.8) is 0 Å². The summed E-state index contributed by atoms with van der Waals surface area (Å²) < 4.78 is 0. The summed E-state index contributed by atoms with van der Waals surface area (Å²) in [6.45, 7) is 8.98.